The number of aromatic amines is 1. The van der Waals surface area contributed by atoms with Crippen LogP contribution in [0.2, 0.25) is 0 Å². The fraction of sp³-hybridized carbons (Fsp3) is 0.667. The van der Waals surface area contributed by atoms with Gasteiger partial charge in [-0.2, -0.15) is 5.10 Å². The van der Waals surface area contributed by atoms with Gasteiger partial charge in [-0.05, 0) is 32.4 Å². The second-order valence-electron chi connectivity index (χ2n) is 4.26. The van der Waals surface area contributed by atoms with Crippen molar-refractivity contribution in [2.24, 2.45) is 0 Å². The van der Waals surface area contributed by atoms with E-state index in [9.17, 15) is 4.79 Å². The SMILES string of the molecule is CCOC(=O)CCN1CCC[C@H]1c1ccn[nH]1. The molecule has 1 N–H and O–H groups in total. The number of rotatable bonds is 5. The summed E-state index contributed by atoms with van der Waals surface area (Å²) in [6.07, 6.45) is 4.55. The Hall–Kier alpha value is -1.36. The van der Waals surface area contributed by atoms with E-state index in [2.05, 4.69) is 15.1 Å². The highest BCUT2D eigenvalue weighted by atomic mass is 16.5. The minimum atomic E-state index is -0.109. The summed E-state index contributed by atoms with van der Waals surface area (Å²) in [5.74, 6) is -0.109. The first-order chi connectivity index (χ1) is 8.31. The molecule has 2 heterocycles. The van der Waals surface area contributed by atoms with Gasteiger partial charge in [-0.25, -0.2) is 0 Å². The highest BCUT2D eigenvalue weighted by Crippen LogP contribution is 2.30. The molecule has 0 unspecified atom stereocenters. The van der Waals surface area contributed by atoms with E-state index in [0.717, 1.165) is 25.2 Å². The quantitative estimate of drug-likeness (QED) is 0.788. The summed E-state index contributed by atoms with van der Waals surface area (Å²) in [5, 5.41) is 7.00. The van der Waals surface area contributed by atoms with Crippen molar-refractivity contribution >= 4 is 5.97 Å². The predicted molar refractivity (Wildman–Crippen MR) is 63.4 cm³/mol. The maximum Gasteiger partial charge on any atom is 0.307 e. The molecule has 1 saturated heterocycles. The molecule has 5 nitrogen and oxygen atoms in total. The first-order valence-corrected chi connectivity index (χ1v) is 6.20. The summed E-state index contributed by atoms with van der Waals surface area (Å²) in [6, 6.07) is 2.39. The number of likely N-dealkylation sites (tertiary alicyclic amines) is 1. The van der Waals surface area contributed by atoms with E-state index in [-0.39, 0.29) is 5.97 Å². The molecule has 1 aromatic rings. The number of carbonyl (C=O) groups excluding carboxylic acids is 1. The number of ether oxygens (including phenoxy) is 1. The maximum absolute atomic E-state index is 11.3. The smallest absolute Gasteiger partial charge is 0.307 e. The Bertz CT molecular complexity index is 351. The maximum atomic E-state index is 11.3. The molecule has 1 aliphatic rings. The van der Waals surface area contributed by atoms with Gasteiger partial charge in [0.2, 0.25) is 0 Å². The molecule has 0 aromatic carbocycles. The van der Waals surface area contributed by atoms with Gasteiger partial charge in [0.25, 0.3) is 0 Å². The average Bonchev–Trinajstić information content (AvgIpc) is 2.97. The lowest BCUT2D eigenvalue weighted by Crippen LogP contribution is -2.26. The molecule has 1 fully saturated rings. The summed E-state index contributed by atoms with van der Waals surface area (Å²) in [4.78, 5) is 13.6. The Morgan fingerprint density at radius 3 is 3.29 bits per heavy atom. The lowest BCUT2D eigenvalue weighted by atomic mass is 10.1. The molecule has 0 amide bonds. The Morgan fingerprint density at radius 2 is 2.59 bits per heavy atom. The first-order valence-electron chi connectivity index (χ1n) is 6.20. The van der Waals surface area contributed by atoms with Gasteiger partial charge in [-0.3, -0.25) is 14.8 Å². The third-order valence-electron chi connectivity index (χ3n) is 3.15. The van der Waals surface area contributed by atoms with Crippen molar-refractivity contribution in [1.29, 1.82) is 0 Å². The van der Waals surface area contributed by atoms with E-state index >= 15 is 0 Å². The number of aromatic nitrogens is 2. The van der Waals surface area contributed by atoms with Crippen molar-refractivity contribution in [2.45, 2.75) is 32.2 Å². The van der Waals surface area contributed by atoms with E-state index in [0.29, 0.717) is 19.1 Å². The van der Waals surface area contributed by atoms with Gasteiger partial charge >= 0.3 is 5.97 Å². The molecular weight excluding hydrogens is 218 g/mol. The topological polar surface area (TPSA) is 58.2 Å². The zero-order valence-corrected chi connectivity index (χ0v) is 10.2. The zero-order valence-electron chi connectivity index (χ0n) is 10.2. The third kappa shape index (κ3) is 3.06. The van der Waals surface area contributed by atoms with E-state index in [1.54, 1.807) is 6.20 Å². The van der Waals surface area contributed by atoms with Gasteiger partial charge in [0.15, 0.2) is 0 Å². The number of nitrogens with one attached hydrogen (secondary N) is 1. The van der Waals surface area contributed by atoms with Crippen LogP contribution in [0.5, 0.6) is 0 Å². The Balaban J connectivity index is 1.85. The molecule has 0 aliphatic carbocycles. The molecule has 1 aliphatic heterocycles. The molecule has 17 heavy (non-hydrogen) atoms. The van der Waals surface area contributed by atoms with Gasteiger partial charge in [-0.15, -0.1) is 0 Å². The monoisotopic (exact) mass is 237 g/mol. The Labute approximate surface area is 101 Å². The van der Waals surface area contributed by atoms with Crippen LogP contribution in [0.25, 0.3) is 0 Å². The van der Waals surface area contributed by atoms with Gasteiger partial charge in [0.05, 0.1) is 24.8 Å². The third-order valence-corrected chi connectivity index (χ3v) is 3.15. The second kappa shape index (κ2) is 5.82. The number of H-pyrrole nitrogens is 1. The summed E-state index contributed by atoms with van der Waals surface area (Å²) < 4.78 is 4.94. The van der Waals surface area contributed by atoms with Crippen LogP contribution in [0.1, 0.15) is 37.9 Å². The van der Waals surface area contributed by atoms with Gasteiger partial charge in [0.1, 0.15) is 0 Å². The lowest BCUT2D eigenvalue weighted by molar-refractivity contribution is -0.143. The Kier molecular flexibility index (Phi) is 4.14. The first kappa shape index (κ1) is 12.1. The number of nitrogens with zero attached hydrogens (tertiary/aromatic N) is 2. The molecule has 5 heteroatoms. The molecule has 1 atom stereocenters. The number of carbonyl (C=O) groups is 1. The fourth-order valence-electron chi connectivity index (χ4n) is 2.37. The Morgan fingerprint density at radius 1 is 1.71 bits per heavy atom. The predicted octanol–water partition coefficient (Wildman–Crippen LogP) is 1.50. The highest BCUT2D eigenvalue weighted by Gasteiger charge is 2.27. The van der Waals surface area contributed by atoms with Gasteiger partial charge in [0, 0.05) is 12.7 Å². The van der Waals surface area contributed by atoms with E-state index < -0.39 is 0 Å². The van der Waals surface area contributed by atoms with Gasteiger partial charge < -0.3 is 4.74 Å². The number of esters is 1. The molecule has 2 rings (SSSR count). The summed E-state index contributed by atoms with van der Waals surface area (Å²) >= 11 is 0. The fourth-order valence-corrected chi connectivity index (χ4v) is 2.37. The number of hydrogen-bond donors (Lipinski definition) is 1. The molecule has 1 aromatic heterocycles. The lowest BCUT2D eigenvalue weighted by Gasteiger charge is -2.22. The van der Waals surface area contributed by atoms with Crippen molar-refractivity contribution in [3.05, 3.63) is 18.0 Å². The van der Waals surface area contributed by atoms with Crippen LogP contribution in [0.4, 0.5) is 0 Å². The van der Waals surface area contributed by atoms with Crippen LogP contribution in [0, 0.1) is 0 Å². The van der Waals surface area contributed by atoms with Crippen molar-refractivity contribution in [2.75, 3.05) is 19.7 Å². The van der Waals surface area contributed by atoms with Crippen LogP contribution < -0.4 is 0 Å². The van der Waals surface area contributed by atoms with Crippen molar-refractivity contribution in [3.63, 3.8) is 0 Å². The number of hydrogen-bond acceptors (Lipinski definition) is 4. The van der Waals surface area contributed by atoms with Crippen molar-refractivity contribution in [1.82, 2.24) is 15.1 Å². The normalized spacial score (nSPS) is 20.6. The van der Waals surface area contributed by atoms with Crippen LogP contribution in [0.15, 0.2) is 12.3 Å². The molecule has 0 radical (unpaired) electrons. The molecule has 0 bridgehead atoms. The van der Waals surface area contributed by atoms with Crippen LogP contribution in [-0.4, -0.2) is 40.8 Å². The van der Waals surface area contributed by atoms with Crippen molar-refractivity contribution < 1.29 is 9.53 Å². The largest absolute Gasteiger partial charge is 0.466 e. The molecule has 94 valence electrons. The van der Waals surface area contributed by atoms with Crippen molar-refractivity contribution in [3.8, 4) is 0 Å². The standard InChI is InChI=1S/C12H19N3O2/c1-2-17-12(16)6-9-15-8-3-4-11(15)10-5-7-13-14-10/h5,7,11H,2-4,6,8-9H2,1H3,(H,13,14)/t11-/m0/s1. The minimum Gasteiger partial charge on any atom is -0.466 e. The summed E-state index contributed by atoms with van der Waals surface area (Å²) in [5.41, 5.74) is 1.14. The zero-order chi connectivity index (χ0) is 12.1. The summed E-state index contributed by atoms with van der Waals surface area (Å²) in [6.45, 7) is 4.11. The average molecular weight is 237 g/mol. The van der Waals surface area contributed by atoms with E-state index in [1.807, 2.05) is 13.0 Å². The van der Waals surface area contributed by atoms with Gasteiger partial charge in [-0.1, -0.05) is 0 Å². The second-order valence-corrected chi connectivity index (χ2v) is 4.26. The van der Waals surface area contributed by atoms with Crippen LogP contribution in [0.3, 0.4) is 0 Å². The molecule has 0 spiro atoms. The molecular formula is C12H19N3O2. The van der Waals surface area contributed by atoms with E-state index in [4.69, 9.17) is 4.74 Å². The van der Waals surface area contributed by atoms with E-state index in [1.165, 1.54) is 6.42 Å². The minimum absolute atomic E-state index is 0.109. The highest BCUT2D eigenvalue weighted by molar-refractivity contribution is 5.69. The van der Waals surface area contributed by atoms with Crippen LogP contribution in [-0.2, 0) is 9.53 Å². The molecule has 0 saturated carbocycles. The summed E-state index contributed by atoms with van der Waals surface area (Å²) in [7, 11) is 0. The van der Waals surface area contributed by atoms with Crippen LogP contribution >= 0.6 is 0 Å².